The molecule has 3 rings (SSSR count). The van der Waals surface area contributed by atoms with Crippen LogP contribution < -0.4 is 14.8 Å². The third-order valence-corrected chi connectivity index (χ3v) is 5.26. The highest BCUT2D eigenvalue weighted by Gasteiger charge is 2.47. The summed E-state index contributed by atoms with van der Waals surface area (Å²) in [4.78, 5) is 25.0. The van der Waals surface area contributed by atoms with Crippen LogP contribution >= 0.6 is 11.6 Å². The molecule has 7 heteroatoms. The number of hydrogen-bond acceptors (Lipinski definition) is 5. The highest BCUT2D eigenvalue weighted by atomic mass is 35.5. The SMILES string of the molecule is COc1ccc(OC)c(NC(=O)COC(=O)C2(c3ccc(Cl)cc3)CCC2)c1. The number of methoxy groups -OCH3 is 2. The van der Waals surface area contributed by atoms with Gasteiger partial charge in [0, 0.05) is 11.1 Å². The summed E-state index contributed by atoms with van der Waals surface area (Å²) in [6.07, 6.45) is 2.32. The topological polar surface area (TPSA) is 73.9 Å². The van der Waals surface area contributed by atoms with Crippen molar-refractivity contribution in [2.75, 3.05) is 26.1 Å². The first-order valence-corrected chi connectivity index (χ1v) is 9.31. The van der Waals surface area contributed by atoms with Crippen molar-refractivity contribution >= 4 is 29.2 Å². The fourth-order valence-corrected chi connectivity index (χ4v) is 3.40. The van der Waals surface area contributed by atoms with Gasteiger partial charge in [0.25, 0.3) is 5.91 Å². The first-order chi connectivity index (χ1) is 13.5. The lowest BCUT2D eigenvalue weighted by Crippen LogP contribution is -2.44. The van der Waals surface area contributed by atoms with Gasteiger partial charge in [-0.3, -0.25) is 9.59 Å². The van der Waals surface area contributed by atoms with Crippen molar-refractivity contribution < 1.29 is 23.8 Å². The number of nitrogens with one attached hydrogen (secondary N) is 1. The van der Waals surface area contributed by atoms with E-state index >= 15 is 0 Å². The molecule has 0 unspecified atom stereocenters. The maximum Gasteiger partial charge on any atom is 0.317 e. The Kier molecular flexibility index (Phi) is 6.09. The molecule has 0 atom stereocenters. The van der Waals surface area contributed by atoms with Gasteiger partial charge in [-0.2, -0.15) is 0 Å². The number of carbonyl (C=O) groups excluding carboxylic acids is 2. The molecule has 1 fully saturated rings. The molecule has 0 bridgehead atoms. The highest BCUT2D eigenvalue weighted by molar-refractivity contribution is 6.30. The minimum Gasteiger partial charge on any atom is -0.497 e. The largest absolute Gasteiger partial charge is 0.497 e. The smallest absolute Gasteiger partial charge is 0.317 e. The number of benzene rings is 2. The van der Waals surface area contributed by atoms with Gasteiger partial charge in [0.05, 0.1) is 25.3 Å². The second-order valence-corrected chi connectivity index (χ2v) is 7.07. The highest BCUT2D eigenvalue weighted by Crippen LogP contribution is 2.45. The van der Waals surface area contributed by atoms with Gasteiger partial charge < -0.3 is 19.5 Å². The van der Waals surface area contributed by atoms with E-state index in [1.807, 2.05) is 12.1 Å². The Morgan fingerprint density at radius 3 is 2.36 bits per heavy atom. The number of rotatable bonds is 7. The van der Waals surface area contributed by atoms with Crippen LogP contribution in [0.25, 0.3) is 0 Å². The zero-order valence-corrected chi connectivity index (χ0v) is 16.5. The third kappa shape index (κ3) is 4.07. The average Bonchev–Trinajstić information content (AvgIpc) is 2.67. The Morgan fingerprint density at radius 1 is 1.07 bits per heavy atom. The molecular weight excluding hydrogens is 382 g/mol. The minimum absolute atomic E-state index is 0.380. The van der Waals surface area contributed by atoms with Gasteiger partial charge >= 0.3 is 5.97 Å². The maximum absolute atomic E-state index is 12.7. The van der Waals surface area contributed by atoms with Crippen LogP contribution in [0.15, 0.2) is 42.5 Å². The fourth-order valence-electron chi connectivity index (χ4n) is 3.28. The average molecular weight is 404 g/mol. The lowest BCUT2D eigenvalue weighted by atomic mass is 9.64. The molecule has 0 radical (unpaired) electrons. The predicted molar refractivity (Wildman–Crippen MR) is 106 cm³/mol. The molecule has 1 aliphatic carbocycles. The van der Waals surface area contributed by atoms with Gasteiger partial charge in [-0.25, -0.2) is 0 Å². The van der Waals surface area contributed by atoms with E-state index in [1.54, 1.807) is 30.3 Å². The molecular formula is C21H22ClNO5. The van der Waals surface area contributed by atoms with E-state index in [4.69, 9.17) is 25.8 Å². The second-order valence-electron chi connectivity index (χ2n) is 6.63. The van der Waals surface area contributed by atoms with Crippen molar-refractivity contribution in [2.24, 2.45) is 0 Å². The summed E-state index contributed by atoms with van der Waals surface area (Å²) in [5.41, 5.74) is 0.611. The Hall–Kier alpha value is -2.73. The summed E-state index contributed by atoms with van der Waals surface area (Å²) in [6, 6.07) is 12.2. The van der Waals surface area contributed by atoms with Crippen molar-refractivity contribution in [3.05, 3.63) is 53.1 Å². The Morgan fingerprint density at radius 2 is 1.79 bits per heavy atom. The zero-order chi connectivity index (χ0) is 20.1. The van der Waals surface area contributed by atoms with Crippen molar-refractivity contribution in [1.29, 1.82) is 0 Å². The molecule has 28 heavy (non-hydrogen) atoms. The first kappa shape index (κ1) is 20.0. The Labute approximate surface area is 168 Å². The third-order valence-electron chi connectivity index (χ3n) is 5.01. The van der Waals surface area contributed by atoms with E-state index in [0.717, 1.165) is 12.0 Å². The molecule has 2 aromatic rings. The summed E-state index contributed by atoms with van der Waals surface area (Å²) < 4.78 is 15.7. The van der Waals surface area contributed by atoms with Crippen molar-refractivity contribution in [2.45, 2.75) is 24.7 Å². The molecule has 2 aromatic carbocycles. The van der Waals surface area contributed by atoms with Crippen LogP contribution in [0.4, 0.5) is 5.69 Å². The number of halogens is 1. The lowest BCUT2D eigenvalue weighted by molar-refractivity contribution is -0.156. The normalized spacial score (nSPS) is 14.5. The van der Waals surface area contributed by atoms with Crippen molar-refractivity contribution in [3.63, 3.8) is 0 Å². The fraction of sp³-hybridized carbons (Fsp3) is 0.333. The van der Waals surface area contributed by atoms with Gasteiger partial charge in [-0.1, -0.05) is 30.2 Å². The monoisotopic (exact) mass is 403 g/mol. The van der Waals surface area contributed by atoms with E-state index in [9.17, 15) is 9.59 Å². The van der Waals surface area contributed by atoms with Gasteiger partial charge in [-0.05, 0) is 42.7 Å². The molecule has 148 valence electrons. The van der Waals surface area contributed by atoms with E-state index in [0.29, 0.717) is 35.1 Å². The molecule has 0 aliphatic heterocycles. The summed E-state index contributed by atoms with van der Waals surface area (Å²) in [7, 11) is 3.04. The van der Waals surface area contributed by atoms with E-state index < -0.39 is 17.3 Å². The second kappa shape index (κ2) is 8.52. The van der Waals surface area contributed by atoms with Gasteiger partial charge in [-0.15, -0.1) is 0 Å². The van der Waals surface area contributed by atoms with E-state index in [-0.39, 0.29) is 6.61 Å². The van der Waals surface area contributed by atoms with E-state index in [2.05, 4.69) is 5.32 Å². The standard InChI is InChI=1S/C21H22ClNO5/c1-26-16-8-9-18(27-2)17(12-16)23-19(24)13-28-20(25)21(10-3-11-21)14-4-6-15(22)7-5-14/h4-9,12H,3,10-11,13H2,1-2H3,(H,23,24). The minimum atomic E-state index is -0.696. The van der Waals surface area contributed by atoms with Crippen LogP contribution in [0.1, 0.15) is 24.8 Å². The molecule has 0 heterocycles. The molecule has 0 spiro atoms. The van der Waals surface area contributed by atoms with Crippen LogP contribution in [0.2, 0.25) is 5.02 Å². The lowest BCUT2D eigenvalue weighted by Gasteiger charge is -2.39. The summed E-state index contributed by atoms with van der Waals surface area (Å²) in [5.74, 6) is 0.209. The number of carbonyl (C=O) groups is 2. The van der Waals surface area contributed by atoms with Crippen LogP contribution in [0, 0.1) is 0 Å². The zero-order valence-electron chi connectivity index (χ0n) is 15.8. The van der Waals surface area contributed by atoms with Crippen LogP contribution in [-0.2, 0) is 19.7 Å². The van der Waals surface area contributed by atoms with Gasteiger partial charge in [0.2, 0.25) is 0 Å². The van der Waals surface area contributed by atoms with Gasteiger partial charge in [0.1, 0.15) is 11.5 Å². The van der Waals surface area contributed by atoms with Gasteiger partial charge in [0.15, 0.2) is 6.61 Å². The quantitative estimate of drug-likeness (QED) is 0.708. The number of hydrogen-bond donors (Lipinski definition) is 1. The van der Waals surface area contributed by atoms with Crippen LogP contribution in [-0.4, -0.2) is 32.7 Å². The molecule has 6 nitrogen and oxygen atoms in total. The number of anilines is 1. The first-order valence-electron chi connectivity index (χ1n) is 8.93. The summed E-state index contributed by atoms with van der Waals surface area (Å²) >= 11 is 5.94. The number of esters is 1. The van der Waals surface area contributed by atoms with Crippen LogP contribution in [0.5, 0.6) is 11.5 Å². The molecule has 1 saturated carbocycles. The number of amides is 1. The maximum atomic E-state index is 12.7. The Balaban J connectivity index is 1.64. The molecule has 1 aliphatic rings. The summed E-state index contributed by atoms with van der Waals surface area (Å²) in [6.45, 7) is -0.380. The Bertz CT molecular complexity index is 862. The van der Waals surface area contributed by atoms with Crippen molar-refractivity contribution in [1.82, 2.24) is 0 Å². The van der Waals surface area contributed by atoms with E-state index in [1.165, 1.54) is 14.2 Å². The number of ether oxygens (including phenoxy) is 3. The molecule has 0 saturated heterocycles. The van der Waals surface area contributed by atoms with Crippen LogP contribution in [0.3, 0.4) is 0 Å². The molecule has 1 amide bonds. The molecule has 1 N–H and O–H groups in total. The molecule has 0 aromatic heterocycles. The van der Waals surface area contributed by atoms with Crippen molar-refractivity contribution in [3.8, 4) is 11.5 Å². The summed E-state index contributed by atoms with van der Waals surface area (Å²) in [5, 5.41) is 3.30. The predicted octanol–water partition coefficient (Wildman–Crippen LogP) is 3.96.